The molecule has 8 nitrogen and oxygen atoms in total. The van der Waals surface area contributed by atoms with Crippen molar-refractivity contribution in [3.05, 3.63) is 71.5 Å². The number of hydrogen-bond acceptors (Lipinski definition) is 5. The monoisotopic (exact) mass is 387 g/mol. The average molecular weight is 387 g/mol. The molecule has 0 aliphatic heterocycles. The van der Waals surface area contributed by atoms with Gasteiger partial charge in [0.25, 0.3) is 11.8 Å². The molecule has 0 aromatic heterocycles. The van der Waals surface area contributed by atoms with Crippen LogP contribution in [-0.4, -0.2) is 37.0 Å². The van der Waals surface area contributed by atoms with Gasteiger partial charge in [-0.15, -0.1) is 0 Å². The van der Waals surface area contributed by atoms with Crippen LogP contribution in [0.25, 0.3) is 0 Å². The maximum Gasteiger partial charge on any atom is 0.325 e. The van der Waals surface area contributed by atoms with Crippen molar-refractivity contribution in [1.82, 2.24) is 16.0 Å². The van der Waals surface area contributed by atoms with Gasteiger partial charge in [-0.2, -0.15) is 0 Å². The van der Waals surface area contributed by atoms with Gasteiger partial charge in [-0.25, -0.2) is 9.18 Å². The molecule has 0 saturated heterocycles. The van der Waals surface area contributed by atoms with Gasteiger partial charge in [-0.05, 0) is 23.8 Å². The number of carbonyl (C=O) groups is 4. The molecule has 28 heavy (non-hydrogen) atoms. The second-order valence-corrected chi connectivity index (χ2v) is 5.57. The van der Waals surface area contributed by atoms with Crippen LogP contribution in [0.2, 0.25) is 0 Å². The summed E-state index contributed by atoms with van der Waals surface area (Å²) in [4.78, 5) is 46.5. The van der Waals surface area contributed by atoms with Gasteiger partial charge in [0.05, 0.1) is 0 Å². The van der Waals surface area contributed by atoms with Crippen LogP contribution in [0.1, 0.15) is 15.9 Å². The van der Waals surface area contributed by atoms with Gasteiger partial charge >= 0.3 is 12.0 Å². The zero-order valence-electron chi connectivity index (χ0n) is 14.7. The Labute approximate surface area is 160 Å². The van der Waals surface area contributed by atoms with Gasteiger partial charge in [0.15, 0.2) is 6.61 Å². The highest BCUT2D eigenvalue weighted by Crippen LogP contribution is 2.02. The first-order chi connectivity index (χ1) is 13.4. The van der Waals surface area contributed by atoms with Crippen molar-refractivity contribution < 1.29 is 28.3 Å². The molecule has 0 heterocycles. The summed E-state index contributed by atoms with van der Waals surface area (Å²) in [7, 11) is 0. The van der Waals surface area contributed by atoms with Crippen molar-refractivity contribution in [2.75, 3.05) is 13.2 Å². The number of esters is 1. The molecule has 0 bridgehead atoms. The first-order valence-electron chi connectivity index (χ1n) is 8.25. The molecule has 0 aliphatic rings. The van der Waals surface area contributed by atoms with Crippen LogP contribution in [-0.2, 0) is 20.9 Å². The maximum absolute atomic E-state index is 13.0. The van der Waals surface area contributed by atoms with Crippen molar-refractivity contribution in [1.29, 1.82) is 0 Å². The molecule has 2 aromatic carbocycles. The topological polar surface area (TPSA) is 114 Å². The van der Waals surface area contributed by atoms with E-state index in [0.717, 1.165) is 11.6 Å². The number of hydrogen-bond donors (Lipinski definition) is 3. The Hall–Kier alpha value is -3.75. The van der Waals surface area contributed by atoms with Crippen molar-refractivity contribution in [2.24, 2.45) is 0 Å². The quantitative estimate of drug-likeness (QED) is 0.616. The number of benzene rings is 2. The van der Waals surface area contributed by atoms with E-state index in [4.69, 9.17) is 0 Å². The van der Waals surface area contributed by atoms with Crippen LogP contribution in [0.15, 0.2) is 54.6 Å². The molecule has 4 amide bonds. The van der Waals surface area contributed by atoms with Crippen LogP contribution in [0.4, 0.5) is 9.18 Å². The van der Waals surface area contributed by atoms with E-state index in [2.05, 4.69) is 15.4 Å². The van der Waals surface area contributed by atoms with E-state index in [1.54, 1.807) is 0 Å². The smallest absolute Gasteiger partial charge is 0.325 e. The summed E-state index contributed by atoms with van der Waals surface area (Å²) in [6, 6.07) is 13.3. The second kappa shape index (κ2) is 10.4. The average Bonchev–Trinajstić information content (AvgIpc) is 2.69. The lowest BCUT2D eigenvalue weighted by Gasteiger charge is -2.08. The number of amides is 4. The van der Waals surface area contributed by atoms with Gasteiger partial charge < -0.3 is 15.4 Å². The SMILES string of the molecule is O=C(COC(=O)CNC(=O)c1cccc(F)c1)NC(=O)NCc1ccccc1. The molecule has 2 aromatic rings. The van der Waals surface area contributed by atoms with E-state index in [1.165, 1.54) is 18.2 Å². The van der Waals surface area contributed by atoms with Crippen molar-refractivity contribution >= 4 is 23.8 Å². The molecule has 146 valence electrons. The predicted octanol–water partition coefficient (Wildman–Crippen LogP) is 1.12. The first-order valence-corrected chi connectivity index (χ1v) is 8.25. The lowest BCUT2D eigenvalue weighted by Crippen LogP contribution is -2.41. The number of nitrogens with one attached hydrogen (secondary N) is 3. The van der Waals surface area contributed by atoms with E-state index in [1.807, 2.05) is 35.6 Å². The van der Waals surface area contributed by atoms with Crippen molar-refractivity contribution in [2.45, 2.75) is 6.54 Å². The molecule has 0 fully saturated rings. The summed E-state index contributed by atoms with van der Waals surface area (Å²) in [6.45, 7) is -0.970. The van der Waals surface area contributed by atoms with Gasteiger partial charge in [-0.3, -0.25) is 19.7 Å². The fourth-order valence-electron chi connectivity index (χ4n) is 2.07. The van der Waals surface area contributed by atoms with Gasteiger partial charge in [0, 0.05) is 12.1 Å². The van der Waals surface area contributed by atoms with Crippen LogP contribution >= 0.6 is 0 Å². The highest BCUT2D eigenvalue weighted by molar-refractivity contribution is 5.97. The summed E-state index contributed by atoms with van der Waals surface area (Å²) in [5, 5.41) is 6.73. The number of rotatable bonds is 7. The number of imide groups is 1. The summed E-state index contributed by atoms with van der Waals surface area (Å²) in [5.41, 5.74) is 0.895. The Morgan fingerprint density at radius 1 is 0.929 bits per heavy atom. The number of ether oxygens (including phenoxy) is 1. The molecule has 0 radical (unpaired) electrons. The molecule has 0 atom stereocenters. The van der Waals surface area contributed by atoms with Crippen LogP contribution in [0.3, 0.4) is 0 Å². The second-order valence-electron chi connectivity index (χ2n) is 5.57. The van der Waals surface area contributed by atoms with Gasteiger partial charge in [0.1, 0.15) is 12.4 Å². The minimum atomic E-state index is -0.885. The summed E-state index contributed by atoms with van der Waals surface area (Å²) in [6.07, 6.45) is 0. The Morgan fingerprint density at radius 3 is 2.39 bits per heavy atom. The number of halogens is 1. The van der Waals surface area contributed by atoms with Crippen molar-refractivity contribution in [3.63, 3.8) is 0 Å². The van der Waals surface area contributed by atoms with E-state index in [0.29, 0.717) is 0 Å². The van der Waals surface area contributed by atoms with Crippen molar-refractivity contribution in [3.8, 4) is 0 Å². The minimum Gasteiger partial charge on any atom is -0.454 e. The Bertz CT molecular complexity index is 858. The molecular formula is C19H18FN3O5. The van der Waals surface area contributed by atoms with Gasteiger partial charge in [0.2, 0.25) is 0 Å². The van der Waals surface area contributed by atoms with Crippen LogP contribution in [0, 0.1) is 5.82 Å². The zero-order chi connectivity index (χ0) is 20.4. The molecule has 0 aliphatic carbocycles. The zero-order valence-corrected chi connectivity index (χ0v) is 14.7. The normalized spacial score (nSPS) is 9.89. The fraction of sp³-hybridized carbons (Fsp3) is 0.158. The standard InChI is InChI=1S/C19H18FN3O5/c20-15-8-4-7-14(9-15)18(26)21-11-17(25)28-12-16(24)23-19(27)22-10-13-5-2-1-3-6-13/h1-9H,10-12H2,(H,21,26)(H2,22,23,24,27). The molecule has 9 heteroatoms. The van der Waals surface area contributed by atoms with E-state index < -0.39 is 42.8 Å². The first kappa shape index (κ1) is 20.6. The summed E-state index contributed by atoms with van der Waals surface area (Å²) >= 11 is 0. The van der Waals surface area contributed by atoms with E-state index >= 15 is 0 Å². The Morgan fingerprint density at radius 2 is 1.68 bits per heavy atom. The fourth-order valence-corrected chi connectivity index (χ4v) is 2.07. The minimum absolute atomic E-state index is 0.0423. The molecule has 2 rings (SSSR count). The largest absolute Gasteiger partial charge is 0.454 e. The van der Waals surface area contributed by atoms with E-state index in [9.17, 15) is 23.6 Å². The van der Waals surface area contributed by atoms with Gasteiger partial charge in [-0.1, -0.05) is 36.4 Å². The molecule has 0 spiro atoms. The lowest BCUT2D eigenvalue weighted by molar-refractivity contribution is -0.147. The third-order valence-electron chi connectivity index (χ3n) is 3.39. The number of carbonyl (C=O) groups excluding carboxylic acids is 4. The third kappa shape index (κ3) is 7.24. The highest BCUT2D eigenvalue weighted by atomic mass is 19.1. The molecule has 0 saturated carbocycles. The predicted molar refractivity (Wildman–Crippen MR) is 96.5 cm³/mol. The lowest BCUT2D eigenvalue weighted by atomic mass is 10.2. The maximum atomic E-state index is 13.0. The molecule has 3 N–H and O–H groups in total. The van der Waals surface area contributed by atoms with E-state index in [-0.39, 0.29) is 12.1 Å². The third-order valence-corrected chi connectivity index (χ3v) is 3.39. The summed E-state index contributed by atoms with van der Waals surface area (Å²) < 4.78 is 17.7. The molecule has 0 unspecified atom stereocenters. The Kier molecular flexibility index (Phi) is 7.64. The summed E-state index contributed by atoms with van der Waals surface area (Å²) in [5.74, 6) is -2.96. The van der Waals surface area contributed by atoms with Crippen LogP contribution < -0.4 is 16.0 Å². The Balaban J connectivity index is 1.64. The number of urea groups is 1. The highest BCUT2D eigenvalue weighted by Gasteiger charge is 2.13. The van der Waals surface area contributed by atoms with Crippen LogP contribution in [0.5, 0.6) is 0 Å². The molecular weight excluding hydrogens is 369 g/mol.